The highest BCUT2D eigenvalue weighted by atomic mass is 16.3. The van der Waals surface area contributed by atoms with E-state index in [4.69, 9.17) is 5.11 Å². The Hall–Kier alpha value is -3.94. The zero-order chi connectivity index (χ0) is 24.6. The maximum atomic E-state index is 13.6. The summed E-state index contributed by atoms with van der Waals surface area (Å²) in [6.07, 6.45) is 4.01. The van der Waals surface area contributed by atoms with Crippen LogP contribution in [0.5, 0.6) is 0 Å². The molecule has 4 aromatic rings. The molecule has 35 heavy (non-hydrogen) atoms. The Bertz CT molecular complexity index is 1480. The molecule has 0 aliphatic carbocycles. The summed E-state index contributed by atoms with van der Waals surface area (Å²) >= 11 is 0. The fraction of sp³-hybridized carbons (Fsp3) is 0.214. The molecule has 7 nitrogen and oxygen atoms in total. The molecule has 5 rings (SSSR count). The fourth-order valence-corrected chi connectivity index (χ4v) is 4.79. The minimum Gasteiger partial charge on any atom is -0.396 e. The average molecular weight is 470 g/mol. The van der Waals surface area contributed by atoms with Gasteiger partial charge in [-0.25, -0.2) is 4.68 Å². The third kappa shape index (κ3) is 3.79. The third-order valence-electron chi connectivity index (χ3n) is 6.66. The number of anilines is 1. The fourth-order valence-electron chi connectivity index (χ4n) is 4.79. The normalized spacial score (nSPS) is 18.5. The van der Waals surface area contributed by atoms with Gasteiger partial charge >= 0.3 is 0 Å². The Labute approximate surface area is 202 Å². The number of carbonyl (C=O) groups is 1. The third-order valence-corrected chi connectivity index (χ3v) is 6.66. The van der Waals surface area contributed by atoms with Crippen molar-refractivity contribution in [3.05, 3.63) is 106 Å². The summed E-state index contributed by atoms with van der Waals surface area (Å²) in [7, 11) is 0. The first-order valence-corrected chi connectivity index (χ1v) is 11.7. The second kappa shape index (κ2) is 9.02. The highest BCUT2D eigenvalue weighted by molar-refractivity contribution is 6.07. The van der Waals surface area contributed by atoms with Crippen LogP contribution in [0.25, 0.3) is 16.6 Å². The van der Waals surface area contributed by atoms with Crippen LogP contribution in [-0.4, -0.2) is 32.5 Å². The molecule has 2 atom stereocenters. The summed E-state index contributed by atoms with van der Waals surface area (Å²) < 4.78 is 1.50. The zero-order valence-corrected chi connectivity index (χ0v) is 19.4. The topological polar surface area (TPSA) is 98.6 Å². The number of hydrogen-bond donors (Lipinski definition) is 3. The van der Waals surface area contributed by atoms with Gasteiger partial charge in [0.2, 0.25) is 0 Å². The van der Waals surface area contributed by atoms with E-state index in [1.807, 2.05) is 60.7 Å². The van der Waals surface area contributed by atoms with Crippen LogP contribution < -0.4 is 10.5 Å². The van der Waals surface area contributed by atoms with E-state index in [1.165, 1.54) is 4.68 Å². The number of hydrogen-bond acceptors (Lipinski definition) is 4. The van der Waals surface area contributed by atoms with Crippen molar-refractivity contribution < 1.29 is 15.0 Å². The van der Waals surface area contributed by atoms with E-state index in [9.17, 15) is 14.7 Å². The first kappa shape index (κ1) is 22.8. The van der Waals surface area contributed by atoms with E-state index in [1.54, 1.807) is 36.1 Å². The Balaban J connectivity index is 1.49. The number of para-hydroxylation sites is 2. The van der Waals surface area contributed by atoms with Crippen LogP contribution in [0.4, 0.5) is 5.69 Å². The lowest BCUT2D eigenvalue weighted by Crippen LogP contribution is -2.44. The lowest BCUT2D eigenvalue weighted by atomic mass is 9.83. The number of aliphatic hydroxyl groups excluding tert-OH is 1. The first-order chi connectivity index (χ1) is 16.9. The average Bonchev–Trinajstić information content (AvgIpc) is 3.33. The summed E-state index contributed by atoms with van der Waals surface area (Å²) in [6.45, 7) is 2.05. The summed E-state index contributed by atoms with van der Waals surface area (Å²) in [5.41, 5.74) is 1.62. The number of H-pyrrole nitrogens is 1. The number of aliphatic hydroxyl groups is 2. The second-order valence-corrected chi connectivity index (χ2v) is 8.87. The maximum Gasteiger partial charge on any atom is 0.279 e. The number of amides is 1. The van der Waals surface area contributed by atoms with Crippen molar-refractivity contribution in [1.82, 2.24) is 9.78 Å². The summed E-state index contributed by atoms with van der Waals surface area (Å²) in [5, 5.41) is 24.4. The summed E-state index contributed by atoms with van der Waals surface area (Å²) in [5.74, 6) is -0.878. The van der Waals surface area contributed by atoms with Crippen molar-refractivity contribution >= 4 is 22.5 Å². The quantitative estimate of drug-likeness (QED) is 0.360. The van der Waals surface area contributed by atoms with Gasteiger partial charge < -0.3 is 15.1 Å². The highest BCUT2D eigenvalue weighted by Gasteiger charge is 2.52. The Morgan fingerprint density at radius 3 is 2.60 bits per heavy atom. The molecule has 0 unspecified atom stereocenters. The van der Waals surface area contributed by atoms with Gasteiger partial charge in [-0.3, -0.25) is 14.7 Å². The Morgan fingerprint density at radius 1 is 1.03 bits per heavy atom. The smallest absolute Gasteiger partial charge is 0.279 e. The Morgan fingerprint density at radius 2 is 1.80 bits per heavy atom. The van der Waals surface area contributed by atoms with Gasteiger partial charge in [0.05, 0.1) is 28.8 Å². The number of nitrogens with one attached hydrogen (secondary N) is 1. The van der Waals surface area contributed by atoms with Crippen LogP contribution in [0.3, 0.4) is 0 Å². The lowest BCUT2D eigenvalue weighted by molar-refractivity contribution is -0.139. The van der Waals surface area contributed by atoms with Crippen molar-refractivity contribution in [3.8, 4) is 5.69 Å². The van der Waals surface area contributed by atoms with E-state index in [-0.39, 0.29) is 18.7 Å². The van der Waals surface area contributed by atoms with Gasteiger partial charge in [-0.05, 0) is 42.3 Å². The molecule has 0 spiro atoms. The highest BCUT2D eigenvalue weighted by Crippen LogP contribution is 2.45. The zero-order valence-electron chi connectivity index (χ0n) is 19.4. The number of aromatic nitrogens is 2. The van der Waals surface area contributed by atoms with Crippen molar-refractivity contribution in [2.24, 2.45) is 5.92 Å². The number of nitrogens with zero attached hydrogens (tertiary/aromatic N) is 2. The number of aromatic amines is 1. The predicted molar refractivity (Wildman–Crippen MR) is 135 cm³/mol. The first-order valence-electron chi connectivity index (χ1n) is 11.7. The summed E-state index contributed by atoms with van der Waals surface area (Å²) in [6, 6.07) is 22.1. The van der Waals surface area contributed by atoms with Crippen molar-refractivity contribution in [3.63, 3.8) is 0 Å². The van der Waals surface area contributed by atoms with E-state index in [2.05, 4.69) is 5.10 Å². The minimum atomic E-state index is -1.70. The molecule has 0 saturated carbocycles. The van der Waals surface area contributed by atoms with Gasteiger partial charge in [0.25, 0.3) is 11.5 Å². The molecule has 178 valence electrons. The van der Waals surface area contributed by atoms with E-state index >= 15 is 0 Å². The molecule has 1 amide bonds. The molecule has 7 heteroatoms. The molecular formula is C28H27N3O4. The largest absolute Gasteiger partial charge is 0.396 e. The predicted octanol–water partition coefficient (Wildman–Crippen LogP) is 3.63. The summed E-state index contributed by atoms with van der Waals surface area (Å²) in [4.78, 5) is 28.1. The monoisotopic (exact) mass is 469 g/mol. The lowest BCUT2D eigenvalue weighted by Gasteiger charge is -2.27. The van der Waals surface area contributed by atoms with E-state index in [0.717, 1.165) is 11.1 Å². The number of fused-ring (bicyclic) bond motifs is 2. The van der Waals surface area contributed by atoms with Gasteiger partial charge in [-0.1, -0.05) is 61.5 Å². The minimum absolute atomic E-state index is 0.00804. The number of benzene rings is 3. The van der Waals surface area contributed by atoms with E-state index in [0.29, 0.717) is 28.7 Å². The standard InChI is InChI=1S/C28H27N3O4/c1-19(9-6-7-16-32)28(35)23-13-3-5-15-25(23)30(27(28)34)18-20-10-8-11-21(17-20)31-26(33)22-12-2-4-14-24(22)29-31/h2-6,8-15,17,19,29,32,35H,7,16,18H2,1H3/b9-6+/t19-,28+/m0/s1. The van der Waals surface area contributed by atoms with Crippen LogP contribution in [0.2, 0.25) is 0 Å². The maximum absolute atomic E-state index is 13.6. The van der Waals surface area contributed by atoms with Crippen molar-refractivity contribution in [1.29, 1.82) is 0 Å². The molecule has 0 bridgehead atoms. The van der Waals surface area contributed by atoms with Crippen molar-refractivity contribution in [2.75, 3.05) is 11.5 Å². The van der Waals surface area contributed by atoms with Gasteiger partial charge in [-0.15, -0.1) is 0 Å². The second-order valence-electron chi connectivity index (χ2n) is 8.87. The molecule has 0 saturated heterocycles. The van der Waals surface area contributed by atoms with Gasteiger partial charge in [0.1, 0.15) is 0 Å². The molecular weight excluding hydrogens is 442 g/mol. The van der Waals surface area contributed by atoms with Gasteiger partial charge in [0.15, 0.2) is 5.60 Å². The van der Waals surface area contributed by atoms with E-state index < -0.39 is 17.4 Å². The van der Waals surface area contributed by atoms with Crippen LogP contribution >= 0.6 is 0 Å². The molecule has 3 aromatic carbocycles. The molecule has 0 radical (unpaired) electrons. The molecule has 1 aliphatic heterocycles. The number of rotatable bonds is 7. The van der Waals surface area contributed by atoms with Crippen LogP contribution in [-0.2, 0) is 16.9 Å². The molecule has 0 fully saturated rings. The number of carbonyl (C=O) groups excluding carboxylic acids is 1. The Kier molecular flexibility index (Phi) is 5.88. The molecule has 2 heterocycles. The SMILES string of the molecule is C[C@@H](/C=C/CCO)[C@]1(O)C(=O)N(Cc2cccc(-n3[nH]c4ccccc4c3=O)c2)c2ccccc21. The molecule has 1 aliphatic rings. The van der Waals surface area contributed by atoms with Crippen LogP contribution in [0, 0.1) is 5.92 Å². The molecule has 3 N–H and O–H groups in total. The van der Waals surface area contributed by atoms with Crippen LogP contribution in [0.15, 0.2) is 89.7 Å². The van der Waals surface area contributed by atoms with Crippen molar-refractivity contribution in [2.45, 2.75) is 25.5 Å². The molecule has 1 aromatic heterocycles. The van der Waals surface area contributed by atoms with Crippen LogP contribution in [0.1, 0.15) is 24.5 Å². The van der Waals surface area contributed by atoms with Gasteiger partial charge in [0, 0.05) is 18.1 Å². The van der Waals surface area contributed by atoms with Gasteiger partial charge in [-0.2, -0.15) is 0 Å².